The molecule has 1 amide bonds. The predicted molar refractivity (Wildman–Crippen MR) is 121 cm³/mol. The van der Waals surface area contributed by atoms with Gasteiger partial charge in [0.25, 0.3) is 0 Å². The first-order valence-corrected chi connectivity index (χ1v) is 12.0. The van der Waals surface area contributed by atoms with Gasteiger partial charge < -0.3 is 24.5 Å². The van der Waals surface area contributed by atoms with Gasteiger partial charge in [-0.3, -0.25) is 9.69 Å². The van der Waals surface area contributed by atoms with Gasteiger partial charge in [-0.1, -0.05) is 0 Å². The summed E-state index contributed by atoms with van der Waals surface area (Å²) in [4.78, 5) is 21.4. The summed E-state index contributed by atoms with van der Waals surface area (Å²) in [5.41, 5.74) is 3.40. The number of aromatic amines is 1. The van der Waals surface area contributed by atoms with E-state index in [1.807, 2.05) is 12.1 Å². The van der Waals surface area contributed by atoms with Crippen molar-refractivity contribution in [1.82, 2.24) is 14.8 Å². The zero-order chi connectivity index (χ0) is 21.9. The van der Waals surface area contributed by atoms with Crippen LogP contribution in [0.25, 0.3) is 10.9 Å². The van der Waals surface area contributed by atoms with Crippen molar-refractivity contribution in [3.8, 4) is 5.75 Å². The number of rotatable bonds is 5. The molecule has 1 aromatic carbocycles. The molecule has 1 aliphatic carbocycles. The fraction of sp³-hybridized carbons (Fsp3) is 0.640. The lowest BCUT2D eigenvalue weighted by Gasteiger charge is -2.57. The monoisotopic (exact) mass is 439 g/mol. The molecule has 0 radical (unpaired) electrons. The molecule has 2 N–H and O–H groups in total. The molecule has 2 saturated heterocycles. The number of aromatic nitrogens is 1. The van der Waals surface area contributed by atoms with E-state index in [-0.39, 0.29) is 24.0 Å². The third-order valence-corrected chi connectivity index (χ3v) is 8.08. The van der Waals surface area contributed by atoms with Gasteiger partial charge in [-0.15, -0.1) is 0 Å². The summed E-state index contributed by atoms with van der Waals surface area (Å²) in [5, 5.41) is 11.6. The summed E-state index contributed by atoms with van der Waals surface area (Å²) in [6.45, 7) is 4.93. The maximum absolute atomic E-state index is 13.2. The second kappa shape index (κ2) is 7.75. The fourth-order valence-electron chi connectivity index (χ4n) is 6.24. The number of fused-ring (bicyclic) bond motifs is 4. The van der Waals surface area contributed by atoms with Gasteiger partial charge in [0.15, 0.2) is 0 Å². The van der Waals surface area contributed by atoms with E-state index in [0.29, 0.717) is 19.1 Å². The molecule has 1 atom stereocenters. The van der Waals surface area contributed by atoms with E-state index in [4.69, 9.17) is 9.47 Å². The first-order chi connectivity index (χ1) is 15.6. The van der Waals surface area contributed by atoms with Crippen molar-refractivity contribution in [3.63, 3.8) is 0 Å². The number of benzene rings is 1. The summed E-state index contributed by atoms with van der Waals surface area (Å²) in [6, 6.07) is 6.18. The summed E-state index contributed by atoms with van der Waals surface area (Å²) >= 11 is 0. The quantitative estimate of drug-likeness (QED) is 0.748. The molecule has 172 valence electrons. The molecule has 0 bridgehead atoms. The number of aliphatic hydroxyl groups excluding tert-OH is 1. The lowest BCUT2D eigenvalue weighted by molar-refractivity contribution is -0.148. The lowest BCUT2D eigenvalue weighted by Crippen LogP contribution is -2.68. The van der Waals surface area contributed by atoms with Crippen molar-refractivity contribution in [2.24, 2.45) is 11.8 Å². The molecular weight excluding hydrogens is 406 g/mol. The van der Waals surface area contributed by atoms with Crippen LogP contribution in [0.2, 0.25) is 0 Å². The number of amides is 1. The second-order valence-corrected chi connectivity index (χ2v) is 10.3. The number of carbonyl (C=O) groups excluding carboxylic acids is 1. The summed E-state index contributed by atoms with van der Waals surface area (Å²) < 4.78 is 10.9. The molecule has 3 fully saturated rings. The Morgan fingerprint density at radius 1 is 1.22 bits per heavy atom. The smallest absolute Gasteiger partial charge is 0.225 e. The molecule has 32 heavy (non-hydrogen) atoms. The third kappa shape index (κ3) is 3.25. The van der Waals surface area contributed by atoms with Gasteiger partial charge in [0.2, 0.25) is 5.91 Å². The van der Waals surface area contributed by atoms with E-state index in [1.165, 1.54) is 23.8 Å². The molecular formula is C25H33N3O4. The van der Waals surface area contributed by atoms with E-state index in [1.54, 1.807) is 7.11 Å². The van der Waals surface area contributed by atoms with Crippen molar-refractivity contribution in [3.05, 3.63) is 29.5 Å². The number of hydrogen-bond donors (Lipinski definition) is 2. The van der Waals surface area contributed by atoms with Gasteiger partial charge in [0.1, 0.15) is 5.75 Å². The van der Waals surface area contributed by atoms with E-state index in [9.17, 15) is 9.90 Å². The number of nitrogens with one attached hydrogen (secondary N) is 1. The maximum atomic E-state index is 13.2. The Hall–Kier alpha value is -2.09. The molecule has 0 unspecified atom stereocenters. The van der Waals surface area contributed by atoms with Gasteiger partial charge in [-0.25, -0.2) is 0 Å². The number of likely N-dealkylation sites (tertiary alicyclic amines) is 1. The normalized spacial score (nSPS) is 25.7. The highest BCUT2D eigenvalue weighted by molar-refractivity contribution is 5.89. The predicted octanol–water partition coefficient (Wildman–Crippen LogP) is 2.44. The summed E-state index contributed by atoms with van der Waals surface area (Å²) in [6.07, 6.45) is 4.24. The molecule has 4 heterocycles. The zero-order valence-electron chi connectivity index (χ0n) is 18.8. The minimum Gasteiger partial charge on any atom is -0.497 e. The van der Waals surface area contributed by atoms with E-state index in [0.717, 1.165) is 61.9 Å². The van der Waals surface area contributed by atoms with Crippen LogP contribution in [0, 0.1) is 11.8 Å². The van der Waals surface area contributed by atoms with Crippen molar-refractivity contribution in [1.29, 1.82) is 0 Å². The Kier molecular flexibility index (Phi) is 4.97. The Morgan fingerprint density at radius 3 is 2.69 bits per heavy atom. The minimum absolute atomic E-state index is 0.0186. The molecule has 7 nitrogen and oxygen atoms in total. The molecule has 1 aromatic heterocycles. The van der Waals surface area contributed by atoms with Crippen LogP contribution < -0.4 is 4.74 Å². The Labute approximate surface area is 188 Å². The first kappa shape index (κ1) is 20.5. The Morgan fingerprint density at radius 2 is 2.00 bits per heavy atom. The molecule has 2 aromatic rings. The highest BCUT2D eigenvalue weighted by Gasteiger charge is 2.54. The van der Waals surface area contributed by atoms with Crippen molar-refractivity contribution >= 4 is 16.8 Å². The van der Waals surface area contributed by atoms with Crippen LogP contribution in [0.1, 0.15) is 43.0 Å². The topological polar surface area (TPSA) is 78.0 Å². The molecule has 1 spiro atoms. The van der Waals surface area contributed by atoms with Crippen LogP contribution in [0.4, 0.5) is 0 Å². The van der Waals surface area contributed by atoms with Gasteiger partial charge in [-0.2, -0.15) is 0 Å². The van der Waals surface area contributed by atoms with Crippen LogP contribution in [0.3, 0.4) is 0 Å². The first-order valence-electron chi connectivity index (χ1n) is 12.0. The highest BCUT2D eigenvalue weighted by atomic mass is 16.5. The summed E-state index contributed by atoms with van der Waals surface area (Å²) in [7, 11) is 1.69. The number of ether oxygens (including phenoxy) is 2. The molecule has 1 saturated carbocycles. The average Bonchev–Trinajstić information content (AvgIpc) is 3.53. The number of methoxy groups -OCH3 is 1. The number of carbonyl (C=O) groups is 1. The van der Waals surface area contributed by atoms with Crippen molar-refractivity contribution in [2.75, 3.05) is 53.1 Å². The van der Waals surface area contributed by atoms with Crippen molar-refractivity contribution < 1.29 is 19.4 Å². The average molecular weight is 440 g/mol. The molecule has 6 rings (SSSR count). The van der Waals surface area contributed by atoms with E-state index >= 15 is 0 Å². The SMILES string of the molecule is COc1ccc2c3c([nH]c2c1)[C@H](CO)N(CC1CC1)CC31CN(C(=O)C2CCOCC2)C1. The number of aliphatic hydroxyl groups is 1. The lowest BCUT2D eigenvalue weighted by atomic mass is 9.68. The van der Waals surface area contributed by atoms with Crippen LogP contribution in [0.5, 0.6) is 5.75 Å². The highest BCUT2D eigenvalue weighted by Crippen LogP contribution is 2.50. The van der Waals surface area contributed by atoms with E-state index in [2.05, 4.69) is 20.9 Å². The fourth-order valence-corrected chi connectivity index (χ4v) is 6.24. The largest absolute Gasteiger partial charge is 0.497 e. The van der Waals surface area contributed by atoms with Crippen LogP contribution in [-0.2, 0) is 14.9 Å². The van der Waals surface area contributed by atoms with Gasteiger partial charge in [0.05, 0.1) is 19.8 Å². The van der Waals surface area contributed by atoms with Gasteiger partial charge in [-0.05, 0) is 49.3 Å². The number of hydrogen-bond acceptors (Lipinski definition) is 5. The second-order valence-electron chi connectivity index (χ2n) is 10.3. The maximum Gasteiger partial charge on any atom is 0.225 e. The minimum atomic E-state index is -0.0798. The Balaban J connectivity index is 1.36. The standard InChI is InChI=1S/C25H33N3O4/c1-31-18-4-5-19-20(10-18)26-23-21(12-29)27(11-16-2-3-16)13-25(22(19)23)14-28(15-25)24(30)17-6-8-32-9-7-17/h4-5,10,16-17,21,26,29H,2-3,6-9,11-15H2,1H3/t21-/m0/s1. The van der Waals surface area contributed by atoms with Crippen LogP contribution in [0.15, 0.2) is 18.2 Å². The number of H-pyrrole nitrogens is 1. The molecule has 4 aliphatic rings. The number of nitrogens with zero attached hydrogens (tertiary/aromatic N) is 2. The third-order valence-electron chi connectivity index (χ3n) is 8.08. The van der Waals surface area contributed by atoms with Crippen LogP contribution in [-0.4, -0.2) is 78.9 Å². The zero-order valence-corrected chi connectivity index (χ0v) is 18.8. The summed E-state index contributed by atoms with van der Waals surface area (Å²) in [5.74, 6) is 1.96. The molecule has 3 aliphatic heterocycles. The van der Waals surface area contributed by atoms with Crippen molar-refractivity contribution in [2.45, 2.75) is 37.1 Å². The van der Waals surface area contributed by atoms with E-state index < -0.39 is 0 Å². The van der Waals surface area contributed by atoms with Gasteiger partial charge in [0, 0.05) is 73.4 Å². The van der Waals surface area contributed by atoms with Crippen LogP contribution >= 0.6 is 0 Å². The molecule has 7 heteroatoms. The van der Waals surface area contributed by atoms with Gasteiger partial charge >= 0.3 is 0 Å². The Bertz CT molecular complexity index is 1020.